The quantitative estimate of drug-likeness (QED) is 0.746. The van der Waals surface area contributed by atoms with Gasteiger partial charge in [0.25, 0.3) is 5.56 Å². The number of aryl methyl sites for hydroxylation is 3. The Hall–Kier alpha value is -2.07. The third kappa shape index (κ3) is 1.84. The van der Waals surface area contributed by atoms with Gasteiger partial charge in [-0.1, -0.05) is 29.3 Å². The average molecular weight is 288 g/mol. The number of hydrogen-bond acceptors (Lipinski definition) is 2. The Morgan fingerprint density at radius 1 is 1.15 bits per heavy atom. The molecule has 102 valence electrons. The molecular weight excluding hydrogens is 274 g/mol. The molecule has 2 heterocycles. The second-order valence-electron chi connectivity index (χ2n) is 4.95. The molecule has 0 saturated carbocycles. The van der Waals surface area contributed by atoms with E-state index in [-0.39, 0.29) is 10.6 Å². The van der Waals surface area contributed by atoms with E-state index < -0.39 is 0 Å². The van der Waals surface area contributed by atoms with Crippen LogP contribution in [0.15, 0.2) is 29.1 Å². The fraction of sp³-hybridized carbons (Fsp3) is 0.200. The standard InChI is InChI=1S/C15H14ClN3O/c1-8-4-6-11(7-5-8)19-14-12(10(3)18-19)9(2)13(16)15(20)17-14/h4-7H,1-3H3,(H,17,20). The second-order valence-corrected chi connectivity index (χ2v) is 5.33. The molecule has 0 aliphatic carbocycles. The van der Waals surface area contributed by atoms with Crippen molar-refractivity contribution in [3.8, 4) is 5.69 Å². The minimum Gasteiger partial charge on any atom is -0.305 e. The largest absolute Gasteiger partial charge is 0.305 e. The monoisotopic (exact) mass is 287 g/mol. The topological polar surface area (TPSA) is 50.7 Å². The summed E-state index contributed by atoms with van der Waals surface area (Å²) < 4.78 is 1.74. The molecule has 0 bridgehead atoms. The van der Waals surface area contributed by atoms with Crippen LogP contribution in [-0.2, 0) is 0 Å². The maximum absolute atomic E-state index is 11.9. The van der Waals surface area contributed by atoms with Gasteiger partial charge < -0.3 is 4.98 Å². The molecule has 0 unspecified atom stereocenters. The number of hydrogen-bond donors (Lipinski definition) is 1. The Bertz CT molecular complexity index is 859. The molecule has 0 atom stereocenters. The van der Waals surface area contributed by atoms with Crippen LogP contribution in [0.5, 0.6) is 0 Å². The Balaban J connectivity index is 2.38. The van der Waals surface area contributed by atoms with Crippen LogP contribution in [-0.4, -0.2) is 14.8 Å². The van der Waals surface area contributed by atoms with Gasteiger partial charge in [0.05, 0.1) is 11.4 Å². The summed E-state index contributed by atoms with van der Waals surface area (Å²) >= 11 is 6.02. The minimum atomic E-state index is -0.287. The Labute approximate surface area is 121 Å². The molecule has 0 aliphatic rings. The van der Waals surface area contributed by atoms with Gasteiger partial charge in [0, 0.05) is 5.39 Å². The Kier molecular flexibility index (Phi) is 2.91. The number of aromatic nitrogens is 3. The zero-order chi connectivity index (χ0) is 14.4. The van der Waals surface area contributed by atoms with E-state index in [1.165, 1.54) is 5.56 Å². The molecular formula is C15H14ClN3O. The summed E-state index contributed by atoms with van der Waals surface area (Å²) in [7, 11) is 0. The molecule has 0 radical (unpaired) electrons. The van der Waals surface area contributed by atoms with E-state index in [2.05, 4.69) is 10.1 Å². The third-order valence-electron chi connectivity index (χ3n) is 3.47. The molecule has 0 spiro atoms. The lowest BCUT2D eigenvalue weighted by atomic mass is 10.1. The van der Waals surface area contributed by atoms with E-state index in [9.17, 15) is 4.79 Å². The first-order valence-electron chi connectivity index (χ1n) is 6.34. The number of nitrogens with zero attached hydrogens (tertiary/aromatic N) is 2. The van der Waals surface area contributed by atoms with Crippen molar-refractivity contribution >= 4 is 22.6 Å². The maximum atomic E-state index is 11.9. The molecule has 1 N–H and O–H groups in total. The lowest BCUT2D eigenvalue weighted by Gasteiger charge is -2.05. The number of halogens is 1. The van der Waals surface area contributed by atoms with Crippen molar-refractivity contribution in [3.63, 3.8) is 0 Å². The normalized spacial score (nSPS) is 11.2. The van der Waals surface area contributed by atoms with Crippen molar-refractivity contribution in [1.82, 2.24) is 14.8 Å². The minimum absolute atomic E-state index is 0.226. The van der Waals surface area contributed by atoms with Gasteiger partial charge in [-0.15, -0.1) is 0 Å². The van der Waals surface area contributed by atoms with E-state index in [4.69, 9.17) is 11.6 Å². The SMILES string of the molecule is Cc1ccc(-n2nc(C)c3c(C)c(Cl)c(=O)[nH]c32)cc1. The number of nitrogens with one attached hydrogen (secondary N) is 1. The highest BCUT2D eigenvalue weighted by Crippen LogP contribution is 2.25. The molecule has 0 amide bonds. The molecule has 4 nitrogen and oxygen atoms in total. The zero-order valence-corrected chi connectivity index (χ0v) is 12.2. The first-order chi connectivity index (χ1) is 9.49. The summed E-state index contributed by atoms with van der Waals surface area (Å²) in [6, 6.07) is 7.98. The number of rotatable bonds is 1. The fourth-order valence-electron chi connectivity index (χ4n) is 2.41. The smallest absolute Gasteiger partial charge is 0.268 e. The summed E-state index contributed by atoms with van der Waals surface area (Å²) in [5, 5.41) is 5.64. The van der Waals surface area contributed by atoms with Crippen LogP contribution in [0.25, 0.3) is 16.7 Å². The van der Waals surface area contributed by atoms with Gasteiger partial charge in [0.2, 0.25) is 0 Å². The summed E-state index contributed by atoms with van der Waals surface area (Å²) in [6.07, 6.45) is 0. The van der Waals surface area contributed by atoms with E-state index >= 15 is 0 Å². The van der Waals surface area contributed by atoms with Crippen molar-refractivity contribution < 1.29 is 0 Å². The van der Waals surface area contributed by atoms with Gasteiger partial charge in [-0.05, 0) is 38.5 Å². The van der Waals surface area contributed by atoms with Crippen molar-refractivity contribution in [2.75, 3.05) is 0 Å². The van der Waals surface area contributed by atoms with Crippen molar-refractivity contribution in [2.24, 2.45) is 0 Å². The predicted molar refractivity (Wildman–Crippen MR) is 80.9 cm³/mol. The van der Waals surface area contributed by atoms with Crippen LogP contribution in [0.1, 0.15) is 16.8 Å². The van der Waals surface area contributed by atoms with Gasteiger partial charge in [0.1, 0.15) is 10.7 Å². The lowest BCUT2D eigenvalue weighted by Crippen LogP contribution is -2.10. The highest BCUT2D eigenvalue weighted by Gasteiger charge is 2.15. The van der Waals surface area contributed by atoms with Gasteiger partial charge in [-0.3, -0.25) is 4.79 Å². The van der Waals surface area contributed by atoms with E-state index in [0.717, 1.165) is 22.3 Å². The fourth-order valence-corrected chi connectivity index (χ4v) is 2.55. The predicted octanol–water partition coefficient (Wildman–Crippen LogP) is 3.29. The molecule has 0 fully saturated rings. The van der Waals surface area contributed by atoms with Crippen LogP contribution in [0.3, 0.4) is 0 Å². The Morgan fingerprint density at radius 3 is 2.45 bits per heavy atom. The highest BCUT2D eigenvalue weighted by molar-refractivity contribution is 6.32. The molecule has 2 aromatic heterocycles. The maximum Gasteiger partial charge on any atom is 0.268 e. The van der Waals surface area contributed by atoms with Gasteiger partial charge in [0.15, 0.2) is 0 Å². The number of pyridine rings is 1. The molecule has 20 heavy (non-hydrogen) atoms. The average Bonchev–Trinajstić information content (AvgIpc) is 2.74. The summed E-state index contributed by atoms with van der Waals surface area (Å²) in [5.41, 5.74) is 4.08. The first kappa shape index (κ1) is 12.9. The summed E-state index contributed by atoms with van der Waals surface area (Å²) in [5.74, 6) is 0. The van der Waals surface area contributed by atoms with Crippen LogP contribution in [0, 0.1) is 20.8 Å². The second kappa shape index (κ2) is 4.49. The van der Waals surface area contributed by atoms with Crippen LogP contribution < -0.4 is 5.56 Å². The number of H-pyrrole nitrogens is 1. The molecule has 0 saturated heterocycles. The molecule has 1 aromatic carbocycles. The first-order valence-corrected chi connectivity index (χ1v) is 6.71. The highest BCUT2D eigenvalue weighted by atomic mass is 35.5. The van der Waals surface area contributed by atoms with Crippen molar-refractivity contribution in [3.05, 3.63) is 56.5 Å². The van der Waals surface area contributed by atoms with Gasteiger partial charge in [-0.25, -0.2) is 4.68 Å². The number of aromatic amines is 1. The number of benzene rings is 1. The van der Waals surface area contributed by atoms with Gasteiger partial charge in [-0.2, -0.15) is 5.10 Å². The molecule has 3 rings (SSSR count). The zero-order valence-electron chi connectivity index (χ0n) is 11.5. The lowest BCUT2D eigenvalue weighted by molar-refractivity contribution is 0.875. The van der Waals surface area contributed by atoms with Crippen molar-refractivity contribution in [1.29, 1.82) is 0 Å². The van der Waals surface area contributed by atoms with Crippen LogP contribution in [0.2, 0.25) is 5.02 Å². The number of fused-ring (bicyclic) bond motifs is 1. The van der Waals surface area contributed by atoms with E-state index in [1.807, 2.05) is 45.0 Å². The summed E-state index contributed by atoms with van der Waals surface area (Å²) in [4.78, 5) is 14.7. The summed E-state index contributed by atoms with van der Waals surface area (Å²) in [6.45, 7) is 5.78. The van der Waals surface area contributed by atoms with Gasteiger partial charge >= 0.3 is 0 Å². The van der Waals surface area contributed by atoms with Crippen LogP contribution in [0.4, 0.5) is 0 Å². The van der Waals surface area contributed by atoms with E-state index in [0.29, 0.717) is 5.65 Å². The Morgan fingerprint density at radius 2 is 1.80 bits per heavy atom. The third-order valence-corrected chi connectivity index (χ3v) is 3.93. The molecule has 0 aliphatic heterocycles. The molecule has 5 heteroatoms. The van der Waals surface area contributed by atoms with E-state index in [1.54, 1.807) is 4.68 Å². The van der Waals surface area contributed by atoms with Crippen molar-refractivity contribution in [2.45, 2.75) is 20.8 Å². The van der Waals surface area contributed by atoms with Crippen LogP contribution >= 0.6 is 11.6 Å². The molecule has 3 aromatic rings.